The maximum Gasteiger partial charge on any atom is 0.226 e. The van der Waals surface area contributed by atoms with Gasteiger partial charge in [-0.3, -0.25) is 4.79 Å². The van der Waals surface area contributed by atoms with Gasteiger partial charge in [0.15, 0.2) is 0 Å². The van der Waals surface area contributed by atoms with Crippen LogP contribution in [0.4, 0.5) is 5.69 Å². The van der Waals surface area contributed by atoms with E-state index in [9.17, 15) is 4.79 Å². The highest BCUT2D eigenvalue weighted by Gasteiger charge is 2.17. The van der Waals surface area contributed by atoms with Crippen molar-refractivity contribution in [3.05, 3.63) is 54.6 Å². The van der Waals surface area contributed by atoms with E-state index in [0.29, 0.717) is 12.3 Å². The molecule has 0 aromatic heterocycles. The summed E-state index contributed by atoms with van der Waals surface area (Å²) in [5.74, 6) is 2.43. The monoisotopic (exact) mass is 338 g/mol. The van der Waals surface area contributed by atoms with Crippen molar-refractivity contribution in [2.75, 3.05) is 25.0 Å². The summed E-state index contributed by atoms with van der Waals surface area (Å²) in [6.45, 7) is 2.16. The lowest BCUT2D eigenvalue weighted by Gasteiger charge is -2.23. The van der Waals surface area contributed by atoms with Gasteiger partial charge in [0.25, 0.3) is 0 Å². The molecule has 0 spiro atoms. The highest BCUT2D eigenvalue weighted by Crippen LogP contribution is 2.25. The average molecular weight is 338 g/mol. The predicted octanol–water partition coefficient (Wildman–Crippen LogP) is 4.22. The number of hydrogen-bond donors (Lipinski definition) is 1. The number of nitrogens with one attached hydrogen (secondary N) is 1. The second-order valence-electron chi connectivity index (χ2n) is 6.59. The van der Waals surface area contributed by atoms with Gasteiger partial charge in [0, 0.05) is 19.2 Å². The number of para-hydroxylation sites is 1. The summed E-state index contributed by atoms with van der Waals surface area (Å²) in [5, 5.41) is 3.37. The van der Waals surface area contributed by atoms with E-state index >= 15 is 0 Å². The Labute approximate surface area is 149 Å². The van der Waals surface area contributed by atoms with Crippen LogP contribution >= 0.6 is 0 Å². The predicted molar refractivity (Wildman–Crippen MR) is 101 cm³/mol. The van der Waals surface area contributed by atoms with Gasteiger partial charge >= 0.3 is 0 Å². The Kier molecular flexibility index (Phi) is 6.07. The fourth-order valence-corrected chi connectivity index (χ4v) is 3.17. The first-order valence-electron chi connectivity index (χ1n) is 9.02. The topological polar surface area (TPSA) is 41.6 Å². The molecule has 0 saturated carbocycles. The maximum absolute atomic E-state index is 12.4. The van der Waals surface area contributed by atoms with Crippen molar-refractivity contribution in [3.8, 4) is 11.5 Å². The third-order valence-electron chi connectivity index (χ3n) is 4.80. The summed E-state index contributed by atoms with van der Waals surface area (Å²) in [5.41, 5.74) is 0.899. The number of benzene rings is 2. The van der Waals surface area contributed by atoms with E-state index < -0.39 is 0 Å². The lowest BCUT2D eigenvalue weighted by atomic mass is 9.93. The lowest BCUT2D eigenvalue weighted by molar-refractivity contribution is -0.118. The minimum atomic E-state index is 0.176. The van der Waals surface area contributed by atoms with Crippen LogP contribution in [0, 0.1) is 5.92 Å². The van der Waals surface area contributed by atoms with Crippen LogP contribution in [0.25, 0.3) is 0 Å². The summed E-state index contributed by atoms with van der Waals surface area (Å²) in [7, 11) is 1.85. The Balaban J connectivity index is 1.52. The Morgan fingerprint density at radius 2 is 1.68 bits per heavy atom. The third-order valence-corrected chi connectivity index (χ3v) is 4.80. The number of nitrogens with zero attached hydrogens (tertiary/aromatic N) is 1. The van der Waals surface area contributed by atoms with Crippen LogP contribution in [-0.4, -0.2) is 26.0 Å². The lowest BCUT2D eigenvalue weighted by Crippen LogP contribution is -2.30. The van der Waals surface area contributed by atoms with Gasteiger partial charge in [-0.2, -0.15) is 0 Å². The van der Waals surface area contributed by atoms with E-state index in [4.69, 9.17) is 4.74 Å². The molecule has 1 saturated heterocycles. The van der Waals surface area contributed by atoms with E-state index in [2.05, 4.69) is 5.32 Å². The molecular formula is C21H26N2O2. The molecule has 1 heterocycles. The quantitative estimate of drug-likeness (QED) is 0.857. The highest BCUT2D eigenvalue weighted by atomic mass is 16.5. The van der Waals surface area contributed by atoms with E-state index in [1.165, 1.54) is 12.8 Å². The number of rotatable bonds is 6. The second-order valence-corrected chi connectivity index (χ2v) is 6.59. The number of hydrogen-bond acceptors (Lipinski definition) is 3. The molecule has 4 nitrogen and oxygen atoms in total. The van der Waals surface area contributed by atoms with Crippen LogP contribution in [0.2, 0.25) is 0 Å². The van der Waals surface area contributed by atoms with Gasteiger partial charge < -0.3 is 15.0 Å². The van der Waals surface area contributed by atoms with Crippen LogP contribution in [0.15, 0.2) is 54.6 Å². The molecule has 0 atom stereocenters. The number of carbonyl (C=O) groups is 1. The first-order valence-corrected chi connectivity index (χ1v) is 9.02. The summed E-state index contributed by atoms with van der Waals surface area (Å²) in [4.78, 5) is 14.2. The Morgan fingerprint density at radius 3 is 2.36 bits per heavy atom. The van der Waals surface area contributed by atoms with Crippen molar-refractivity contribution in [3.63, 3.8) is 0 Å². The molecule has 132 valence electrons. The van der Waals surface area contributed by atoms with Crippen molar-refractivity contribution in [2.45, 2.75) is 25.7 Å². The van der Waals surface area contributed by atoms with Crippen LogP contribution in [0.1, 0.15) is 25.7 Å². The number of piperidine rings is 1. The Bertz CT molecular complexity index is 664. The van der Waals surface area contributed by atoms with Gasteiger partial charge in [0.2, 0.25) is 5.91 Å². The van der Waals surface area contributed by atoms with E-state index in [-0.39, 0.29) is 5.91 Å². The number of amides is 1. The molecule has 25 heavy (non-hydrogen) atoms. The van der Waals surface area contributed by atoms with E-state index in [1.807, 2.05) is 61.6 Å². The minimum Gasteiger partial charge on any atom is -0.457 e. The molecule has 1 aliphatic heterocycles. The zero-order chi connectivity index (χ0) is 17.5. The molecule has 0 bridgehead atoms. The molecule has 1 N–H and O–H groups in total. The third kappa shape index (κ3) is 5.07. The zero-order valence-corrected chi connectivity index (χ0v) is 14.8. The summed E-state index contributed by atoms with van der Waals surface area (Å²) < 4.78 is 5.79. The average Bonchev–Trinajstić information content (AvgIpc) is 2.68. The van der Waals surface area contributed by atoms with Gasteiger partial charge in [-0.1, -0.05) is 18.2 Å². The van der Waals surface area contributed by atoms with Crippen molar-refractivity contribution >= 4 is 11.6 Å². The van der Waals surface area contributed by atoms with E-state index in [0.717, 1.165) is 36.7 Å². The number of carbonyl (C=O) groups excluding carboxylic acids is 1. The Morgan fingerprint density at radius 1 is 1.04 bits per heavy atom. The first-order chi connectivity index (χ1) is 12.2. The molecule has 2 aromatic carbocycles. The second kappa shape index (κ2) is 8.67. The maximum atomic E-state index is 12.4. The fraction of sp³-hybridized carbons (Fsp3) is 0.381. The first kappa shape index (κ1) is 17.5. The summed E-state index contributed by atoms with van der Waals surface area (Å²) in [6.07, 6.45) is 3.97. The van der Waals surface area contributed by atoms with E-state index in [1.54, 1.807) is 4.90 Å². The molecule has 1 amide bonds. The molecule has 2 aromatic rings. The standard InChI is InChI=1S/C21H26N2O2/c1-23(21(24)12-7-17-13-15-22-16-14-17)18-8-10-20(11-9-18)25-19-5-3-2-4-6-19/h2-6,8-11,17,22H,7,12-16H2,1H3. The molecule has 0 radical (unpaired) electrons. The van der Waals surface area contributed by atoms with Gasteiger partial charge in [0.1, 0.15) is 11.5 Å². The zero-order valence-electron chi connectivity index (χ0n) is 14.8. The summed E-state index contributed by atoms with van der Waals surface area (Å²) in [6, 6.07) is 17.4. The number of ether oxygens (including phenoxy) is 1. The van der Waals surface area contributed by atoms with Crippen molar-refractivity contribution < 1.29 is 9.53 Å². The molecular weight excluding hydrogens is 312 g/mol. The molecule has 1 aliphatic rings. The molecule has 0 unspecified atom stereocenters. The van der Waals surface area contributed by atoms with Gasteiger partial charge in [0.05, 0.1) is 0 Å². The summed E-state index contributed by atoms with van der Waals surface area (Å²) >= 11 is 0. The Hall–Kier alpha value is -2.33. The van der Waals surface area contributed by atoms with Gasteiger partial charge in [-0.15, -0.1) is 0 Å². The smallest absolute Gasteiger partial charge is 0.226 e. The van der Waals surface area contributed by atoms with Crippen molar-refractivity contribution in [1.82, 2.24) is 5.32 Å². The van der Waals surface area contributed by atoms with Crippen LogP contribution in [0.3, 0.4) is 0 Å². The molecule has 0 aliphatic carbocycles. The molecule has 3 rings (SSSR count). The van der Waals surface area contributed by atoms with Gasteiger partial charge in [-0.25, -0.2) is 0 Å². The highest BCUT2D eigenvalue weighted by molar-refractivity contribution is 5.92. The van der Waals surface area contributed by atoms with Crippen LogP contribution in [0.5, 0.6) is 11.5 Å². The van der Waals surface area contributed by atoms with Crippen LogP contribution in [-0.2, 0) is 4.79 Å². The van der Waals surface area contributed by atoms with Crippen molar-refractivity contribution in [1.29, 1.82) is 0 Å². The van der Waals surface area contributed by atoms with Crippen molar-refractivity contribution in [2.24, 2.45) is 5.92 Å². The largest absolute Gasteiger partial charge is 0.457 e. The number of anilines is 1. The van der Waals surface area contributed by atoms with Crippen LogP contribution < -0.4 is 15.0 Å². The molecule has 1 fully saturated rings. The fourth-order valence-electron chi connectivity index (χ4n) is 3.17. The minimum absolute atomic E-state index is 0.176. The molecule has 4 heteroatoms. The van der Waals surface area contributed by atoms with Gasteiger partial charge in [-0.05, 0) is 74.7 Å². The SMILES string of the molecule is CN(C(=O)CCC1CCNCC1)c1ccc(Oc2ccccc2)cc1. The normalized spacial score (nSPS) is 14.9.